The van der Waals surface area contributed by atoms with E-state index < -0.39 is 10.0 Å². The summed E-state index contributed by atoms with van der Waals surface area (Å²) in [5.74, 6) is -0.693. The van der Waals surface area contributed by atoms with Crippen molar-refractivity contribution < 1.29 is 17.9 Å². The van der Waals surface area contributed by atoms with Crippen LogP contribution in [0.2, 0.25) is 0 Å². The van der Waals surface area contributed by atoms with Crippen molar-refractivity contribution in [3.63, 3.8) is 0 Å². The average Bonchev–Trinajstić information content (AvgIpc) is 2.91. The minimum Gasteiger partial charge on any atom is -0.463 e. The highest BCUT2D eigenvalue weighted by Crippen LogP contribution is 2.19. The van der Waals surface area contributed by atoms with Crippen LogP contribution in [-0.4, -0.2) is 54.4 Å². The lowest BCUT2D eigenvalue weighted by molar-refractivity contribution is -0.150. The Bertz CT molecular complexity index is 541. The summed E-state index contributed by atoms with van der Waals surface area (Å²) in [7, 11) is -3.24. The molecule has 0 bridgehead atoms. The van der Waals surface area contributed by atoms with Crippen LogP contribution in [0.5, 0.6) is 0 Å². The molecule has 20 heavy (non-hydrogen) atoms. The van der Waals surface area contributed by atoms with Crippen LogP contribution in [0.4, 0.5) is 0 Å². The van der Waals surface area contributed by atoms with E-state index in [2.05, 4.69) is 5.10 Å². The molecule has 7 nitrogen and oxygen atoms in total. The highest BCUT2D eigenvalue weighted by atomic mass is 32.2. The lowest BCUT2D eigenvalue weighted by atomic mass is 10.0. The Labute approximate surface area is 118 Å². The van der Waals surface area contributed by atoms with E-state index in [1.54, 1.807) is 23.1 Å². The molecule has 1 aliphatic rings. The zero-order valence-electron chi connectivity index (χ0n) is 11.4. The number of hydrogen-bond donors (Lipinski definition) is 0. The van der Waals surface area contributed by atoms with Gasteiger partial charge in [-0.3, -0.25) is 9.48 Å². The summed E-state index contributed by atoms with van der Waals surface area (Å²) in [6.45, 7) is 1.45. The van der Waals surface area contributed by atoms with Crippen LogP contribution in [0.3, 0.4) is 0 Å². The standard InChI is InChI=1S/C12H19N3O4S/c1-20(17,18)15-7-2-4-11(10-15)12(16)19-9-8-14-6-3-5-13-14/h3,5-6,11H,2,4,7-10H2,1H3/t11-/m1/s1. The molecule has 0 amide bonds. The van der Waals surface area contributed by atoms with Gasteiger partial charge in [-0.25, -0.2) is 12.7 Å². The fourth-order valence-electron chi connectivity index (χ4n) is 2.23. The summed E-state index contributed by atoms with van der Waals surface area (Å²) in [4.78, 5) is 11.9. The Morgan fingerprint density at radius 1 is 1.50 bits per heavy atom. The van der Waals surface area contributed by atoms with Gasteiger partial charge in [-0.05, 0) is 18.9 Å². The second-order valence-electron chi connectivity index (χ2n) is 4.90. The summed E-state index contributed by atoms with van der Waals surface area (Å²) in [5, 5.41) is 4.01. The van der Waals surface area contributed by atoms with Gasteiger partial charge in [-0.1, -0.05) is 0 Å². The summed E-state index contributed by atoms with van der Waals surface area (Å²) in [5.41, 5.74) is 0. The van der Waals surface area contributed by atoms with E-state index in [1.165, 1.54) is 10.6 Å². The minimum absolute atomic E-state index is 0.222. The second-order valence-corrected chi connectivity index (χ2v) is 6.88. The third kappa shape index (κ3) is 4.04. The third-order valence-corrected chi connectivity index (χ3v) is 4.58. The predicted octanol–water partition coefficient (Wildman–Crippen LogP) is 0.0979. The molecule has 1 aromatic rings. The van der Waals surface area contributed by atoms with E-state index in [0.29, 0.717) is 25.9 Å². The molecule has 0 aliphatic carbocycles. The van der Waals surface area contributed by atoms with Gasteiger partial charge in [0.05, 0.1) is 18.7 Å². The van der Waals surface area contributed by atoms with E-state index in [4.69, 9.17) is 4.74 Å². The number of esters is 1. The normalized spacial score (nSPS) is 20.8. The van der Waals surface area contributed by atoms with Crippen LogP contribution in [0.15, 0.2) is 18.5 Å². The summed E-state index contributed by atoms with van der Waals surface area (Å²) in [6.07, 6.45) is 5.98. The zero-order valence-corrected chi connectivity index (χ0v) is 12.3. The molecule has 0 unspecified atom stereocenters. The van der Waals surface area contributed by atoms with Crippen molar-refractivity contribution in [2.75, 3.05) is 26.0 Å². The van der Waals surface area contributed by atoms with E-state index in [1.807, 2.05) is 0 Å². The number of carbonyl (C=O) groups excluding carboxylic acids is 1. The Balaban J connectivity index is 1.80. The number of ether oxygens (including phenoxy) is 1. The SMILES string of the molecule is CS(=O)(=O)N1CCC[C@@H](C(=O)OCCn2cccn2)C1. The molecule has 0 saturated carbocycles. The molecule has 1 aromatic heterocycles. The molecule has 1 atom stereocenters. The highest BCUT2D eigenvalue weighted by molar-refractivity contribution is 7.88. The van der Waals surface area contributed by atoms with E-state index >= 15 is 0 Å². The lowest BCUT2D eigenvalue weighted by Gasteiger charge is -2.29. The fourth-order valence-corrected chi connectivity index (χ4v) is 3.14. The second kappa shape index (κ2) is 6.36. The molecule has 0 aromatic carbocycles. The van der Waals surface area contributed by atoms with E-state index in [-0.39, 0.29) is 25.0 Å². The van der Waals surface area contributed by atoms with Crippen LogP contribution in [-0.2, 0) is 26.1 Å². The molecule has 112 valence electrons. The number of aromatic nitrogens is 2. The summed E-state index contributed by atoms with van der Waals surface area (Å²) in [6, 6.07) is 1.80. The van der Waals surface area contributed by atoms with Crippen molar-refractivity contribution in [1.29, 1.82) is 0 Å². The van der Waals surface area contributed by atoms with Gasteiger partial charge >= 0.3 is 5.97 Å². The lowest BCUT2D eigenvalue weighted by Crippen LogP contribution is -2.42. The highest BCUT2D eigenvalue weighted by Gasteiger charge is 2.30. The molecule has 0 spiro atoms. The average molecular weight is 301 g/mol. The molecule has 2 rings (SSSR count). The first kappa shape index (κ1) is 15.0. The minimum atomic E-state index is -3.24. The number of nitrogens with zero attached hydrogens (tertiary/aromatic N) is 3. The largest absolute Gasteiger partial charge is 0.463 e. The Hall–Kier alpha value is -1.41. The van der Waals surface area contributed by atoms with Crippen LogP contribution >= 0.6 is 0 Å². The number of rotatable bonds is 5. The number of carbonyl (C=O) groups is 1. The molecule has 1 aliphatic heterocycles. The Morgan fingerprint density at radius 3 is 2.95 bits per heavy atom. The van der Waals surface area contributed by atoms with Crippen LogP contribution in [0, 0.1) is 5.92 Å². The van der Waals surface area contributed by atoms with Crippen LogP contribution in [0.1, 0.15) is 12.8 Å². The van der Waals surface area contributed by atoms with Gasteiger partial charge < -0.3 is 4.74 Å². The first-order valence-electron chi connectivity index (χ1n) is 6.56. The van der Waals surface area contributed by atoms with Gasteiger partial charge in [0, 0.05) is 25.5 Å². The summed E-state index contributed by atoms with van der Waals surface area (Å²) < 4.78 is 31.2. The molecule has 0 N–H and O–H groups in total. The van der Waals surface area contributed by atoms with Gasteiger partial charge in [0.15, 0.2) is 0 Å². The van der Waals surface area contributed by atoms with Crippen molar-refractivity contribution in [3.8, 4) is 0 Å². The smallest absolute Gasteiger partial charge is 0.310 e. The van der Waals surface area contributed by atoms with Gasteiger partial charge in [0.2, 0.25) is 10.0 Å². The number of piperidine rings is 1. The quantitative estimate of drug-likeness (QED) is 0.720. The summed E-state index contributed by atoms with van der Waals surface area (Å²) >= 11 is 0. The maximum Gasteiger partial charge on any atom is 0.310 e. The van der Waals surface area contributed by atoms with Gasteiger partial charge in [0.1, 0.15) is 6.61 Å². The maximum atomic E-state index is 11.9. The topological polar surface area (TPSA) is 81.5 Å². The van der Waals surface area contributed by atoms with E-state index in [9.17, 15) is 13.2 Å². The zero-order chi connectivity index (χ0) is 14.6. The first-order chi connectivity index (χ1) is 9.47. The Kier molecular flexibility index (Phi) is 4.77. The van der Waals surface area contributed by atoms with E-state index in [0.717, 1.165) is 0 Å². The molecule has 2 heterocycles. The maximum absolute atomic E-state index is 11.9. The monoisotopic (exact) mass is 301 g/mol. The predicted molar refractivity (Wildman–Crippen MR) is 72.3 cm³/mol. The number of hydrogen-bond acceptors (Lipinski definition) is 5. The van der Waals surface area contributed by atoms with Gasteiger partial charge in [-0.15, -0.1) is 0 Å². The van der Waals surface area contributed by atoms with Crippen molar-refractivity contribution >= 4 is 16.0 Å². The fraction of sp³-hybridized carbons (Fsp3) is 0.667. The molecule has 1 fully saturated rings. The third-order valence-electron chi connectivity index (χ3n) is 3.31. The van der Waals surface area contributed by atoms with Crippen molar-refractivity contribution in [2.45, 2.75) is 19.4 Å². The molecule has 0 radical (unpaired) electrons. The number of sulfonamides is 1. The van der Waals surface area contributed by atoms with Crippen molar-refractivity contribution in [3.05, 3.63) is 18.5 Å². The van der Waals surface area contributed by atoms with Gasteiger partial charge in [0.25, 0.3) is 0 Å². The molecular weight excluding hydrogens is 282 g/mol. The molecule has 8 heteroatoms. The first-order valence-corrected chi connectivity index (χ1v) is 8.41. The van der Waals surface area contributed by atoms with Crippen molar-refractivity contribution in [1.82, 2.24) is 14.1 Å². The van der Waals surface area contributed by atoms with Crippen molar-refractivity contribution in [2.24, 2.45) is 5.92 Å². The van der Waals surface area contributed by atoms with Crippen LogP contribution < -0.4 is 0 Å². The molecule has 1 saturated heterocycles. The Morgan fingerprint density at radius 2 is 2.30 bits per heavy atom. The van der Waals surface area contributed by atoms with Gasteiger partial charge in [-0.2, -0.15) is 5.10 Å². The molecular formula is C12H19N3O4S. The van der Waals surface area contributed by atoms with Crippen LogP contribution in [0.25, 0.3) is 0 Å².